The SMILES string of the molecule is Cc1cnc(NC(=O)c2ccc(S(=O)(=O)c3ccc(CCNC[C@@H](O)c4cccc(Cl)c4)cc3)cc2)s1. The number of hydrogen-bond donors (Lipinski definition) is 3. The first-order valence-corrected chi connectivity index (χ1v) is 14.2. The van der Waals surface area contributed by atoms with Gasteiger partial charge < -0.3 is 10.4 Å². The lowest BCUT2D eigenvalue weighted by molar-refractivity contribution is 0.102. The molecule has 0 radical (unpaired) electrons. The minimum Gasteiger partial charge on any atom is -0.387 e. The Hall–Kier alpha value is -3.08. The van der Waals surface area contributed by atoms with Crippen molar-refractivity contribution in [3.05, 3.63) is 106 Å². The number of aryl methyl sites for hydroxylation is 1. The highest BCUT2D eigenvalue weighted by Crippen LogP contribution is 2.23. The van der Waals surface area contributed by atoms with Crippen LogP contribution in [0.25, 0.3) is 0 Å². The number of halogens is 1. The maximum Gasteiger partial charge on any atom is 0.257 e. The number of carbonyl (C=O) groups is 1. The number of amides is 1. The zero-order chi connectivity index (χ0) is 26.4. The van der Waals surface area contributed by atoms with E-state index in [9.17, 15) is 18.3 Å². The molecule has 3 N–H and O–H groups in total. The van der Waals surface area contributed by atoms with E-state index in [0.717, 1.165) is 16.0 Å². The smallest absolute Gasteiger partial charge is 0.257 e. The third-order valence-electron chi connectivity index (χ3n) is 5.66. The van der Waals surface area contributed by atoms with E-state index in [0.29, 0.717) is 35.2 Å². The standard InChI is InChI=1S/C27H26ClN3O4S2/c1-18-16-30-27(36-18)31-26(33)20-7-11-24(12-8-20)37(34,35)23-9-5-19(6-10-23)13-14-29-17-25(32)21-3-2-4-22(28)15-21/h2-12,15-16,25,29,32H,13-14,17H2,1H3,(H,30,31,33)/t25-/m1/s1. The van der Waals surface area contributed by atoms with Gasteiger partial charge in [-0.1, -0.05) is 35.9 Å². The summed E-state index contributed by atoms with van der Waals surface area (Å²) in [6, 6.07) is 19.7. The molecule has 0 bridgehead atoms. The van der Waals surface area contributed by atoms with Crippen LogP contribution in [-0.2, 0) is 16.3 Å². The first kappa shape index (κ1) is 27.0. The van der Waals surface area contributed by atoms with Crippen molar-refractivity contribution in [2.24, 2.45) is 0 Å². The topological polar surface area (TPSA) is 108 Å². The molecule has 10 heteroatoms. The van der Waals surface area contributed by atoms with Crippen LogP contribution >= 0.6 is 22.9 Å². The van der Waals surface area contributed by atoms with Gasteiger partial charge in [0.15, 0.2) is 5.13 Å². The average molecular weight is 556 g/mol. The molecule has 0 spiro atoms. The molecule has 0 aliphatic carbocycles. The van der Waals surface area contributed by atoms with E-state index in [1.165, 1.54) is 35.6 Å². The summed E-state index contributed by atoms with van der Waals surface area (Å²) in [5.41, 5.74) is 2.06. The number of nitrogens with zero attached hydrogens (tertiary/aromatic N) is 1. The first-order valence-electron chi connectivity index (χ1n) is 11.5. The van der Waals surface area contributed by atoms with Gasteiger partial charge in [-0.2, -0.15) is 0 Å². The molecule has 0 unspecified atom stereocenters. The quantitative estimate of drug-likeness (QED) is 0.236. The number of sulfone groups is 1. The summed E-state index contributed by atoms with van der Waals surface area (Å²) in [6.07, 6.45) is 1.68. The van der Waals surface area contributed by atoms with E-state index >= 15 is 0 Å². The molecule has 3 aromatic carbocycles. The number of aliphatic hydroxyl groups is 1. The number of aromatic nitrogens is 1. The lowest BCUT2D eigenvalue weighted by atomic mass is 10.1. The summed E-state index contributed by atoms with van der Waals surface area (Å²) < 4.78 is 26.1. The fraction of sp³-hybridized carbons (Fsp3) is 0.185. The van der Waals surface area contributed by atoms with Crippen LogP contribution in [0, 0.1) is 6.92 Å². The summed E-state index contributed by atoms with van der Waals surface area (Å²) in [6.45, 7) is 2.89. The number of nitrogens with one attached hydrogen (secondary N) is 2. The third-order valence-corrected chi connectivity index (χ3v) is 8.51. The molecule has 1 aromatic heterocycles. The number of carbonyl (C=O) groups excluding carboxylic acids is 1. The first-order chi connectivity index (χ1) is 17.7. The summed E-state index contributed by atoms with van der Waals surface area (Å²) >= 11 is 7.33. The van der Waals surface area contributed by atoms with Gasteiger partial charge in [0, 0.05) is 28.2 Å². The van der Waals surface area contributed by atoms with Crippen molar-refractivity contribution in [1.82, 2.24) is 10.3 Å². The zero-order valence-corrected chi connectivity index (χ0v) is 22.4. The lowest BCUT2D eigenvalue weighted by Crippen LogP contribution is -2.23. The van der Waals surface area contributed by atoms with Gasteiger partial charge in [0.1, 0.15) is 0 Å². The minimum atomic E-state index is -3.73. The van der Waals surface area contributed by atoms with E-state index in [4.69, 9.17) is 11.6 Å². The number of benzene rings is 3. The summed E-state index contributed by atoms with van der Waals surface area (Å²) in [4.78, 5) is 17.8. The molecular weight excluding hydrogens is 530 g/mol. The van der Waals surface area contributed by atoms with E-state index < -0.39 is 15.9 Å². The molecule has 192 valence electrons. The highest BCUT2D eigenvalue weighted by molar-refractivity contribution is 7.91. The number of anilines is 1. The van der Waals surface area contributed by atoms with Crippen molar-refractivity contribution < 1.29 is 18.3 Å². The Morgan fingerprint density at radius 2 is 1.73 bits per heavy atom. The minimum absolute atomic E-state index is 0.110. The molecule has 0 saturated carbocycles. The molecule has 1 heterocycles. The fourth-order valence-electron chi connectivity index (χ4n) is 3.64. The fourth-order valence-corrected chi connectivity index (χ4v) is 5.76. The number of aliphatic hydroxyl groups excluding tert-OH is 1. The number of hydrogen-bond acceptors (Lipinski definition) is 7. The zero-order valence-electron chi connectivity index (χ0n) is 20.0. The van der Waals surface area contributed by atoms with Gasteiger partial charge in [-0.25, -0.2) is 13.4 Å². The van der Waals surface area contributed by atoms with Crippen molar-refractivity contribution in [1.29, 1.82) is 0 Å². The Bertz CT molecular complexity index is 1470. The number of thiazole rings is 1. The Labute approximate surface area is 225 Å². The highest BCUT2D eigenvalue weighted by Gasteiger charge is 2.18. The van der Waals surface area contributed by atoms with Gasteiger partial charge >= 0.3 is 0 Å². The molecule has 0 aliphatic rings. The molecule has 0 saturated heterocycles. The molecule has 0 fully saturated rings. The second-order valence-corrected chi connectivity index (χ2v) is 12.0. The van der Waals surface area contributed by atoms with Crippen molar-refractivity contribution in [2.75, 3.05) is 18.4 Å². The van der Waals surface area contributed by atoms with Crippen LogP contribution in [0.2, 0.25) is 5.02 Å². The van der Waals surface area contributed by atoms with Crippen LogP contribution in [0.1, 0.15) is 32.5 Å². The molecule has 1 amide bonds. The monoisotopic (exact) mass is 555 g/mol. The van der Waals surface area contributed by atoms with Crippen molar-refractivity contribution >= 4 is 43.8 Å². The van der Waals surface area contributed by atoms with Gasteiger partial charge in [0.05, 0.1) is 15.9 Å². The predicted molar refractivity (Wildman–Crippen MR) is 146 cm³/mol. The van der Waals surface area contributed by atoms with E-state index in [2.05, 4.69) is 15.6 Å². The molecule has 4 aromatic rings. The van der Waals surface area contributed by atoms with E-state index in [1.807, 2.05) is 13.0 Å². The molecule has 37 heavy (non-hydrogen) atoms. The van der Waals surface area contributed by atoms with Crippen LogP contribution in [0.4, 0.5) is 5.13 Å². The van der Waals surface area contributed by atoms with Crippen LogP contribution in [-0.4, -0.2) is 37.5 Å². The molecule has 7 nitrogen and oxygen atoms in total. The van der Waals surface area contributed by atoms with Crippen molar-refractivity contribution in [3.8, 4) is 0 Å². The summed E-state index contributed by atoms with van der Waals surface area (Å²) in [7, 11) is -3.73. The highest BCUT2D eigenvalue weighted by atomic mass is 35.5. The number of rotatable bonds is 10. The Morgan fingerprint density at radius 1 is 1.05 bits per heavy atom. The molecular formula is C27H26ClN3O4S2. The Morgan fingerprint density at radius 3 is 2.35 bits per heavy atom. The third kappa shape index (κ3) is 7.03. The summed E-state index contributed by atoms with van der Waals surface area (Å²) in [5.74, 6) is -0.351. The lowest BCUT2D eigenvalue weighted by Gasteiger charge is -2.13. The predicted octanol–water partition coefficient (Wildman–Crippen LogP) is 5.06. The molecule has 1 atom stereocenters. The normalized spacial score (nSPS) is 12.3. The average Bonchev–Trinajstić information content (AvgIpc) is 3.31. The van der Waals surface area contributed by atoms with Crippen molar-refractivity contribution in [3.63, 3.8) is 0 Å². The van der Waals surface area contributed by atoms with Gasteiger partial charge in [-0.3, -0.25) is 10.1 Å². The van der Waals surface area contributed by atoms with Crippen LogP contribution in [0.3, 0.4) is 0 Å². The van der Waals surface area contributed by atoms with Gasteiger partial charge in [-0.15, -0.1) is 11.3 Å². The van der Waals surface area contributed by atoms with Gasteiger partial charge in [-0.05, 0) is 79.5 Å². The van der Waals surface area contributed by atoms with Gasteiger partial charge in [0.2, 0.25) is 9.84 Å². The largest absolute Gasteiger partial charge is 0.387 e. The second-order valence-electron chi connectivity index (χ2n) is 8.43. The Balaban J connectivity index is 1.31. The Kier molecular flexibility index (Phi) is 8.73. The molecule has 0 aliphatic heterocycles. The van der Waals surface area contributed by atoms with Crippen LogP contribution in [0.15, 0.2) is 88.8 Å². The molecule has 4 rings (SSSR count). The maximum absolute atomic E-state index is 13.1. The second kappa shape index (κ2) is 12.0. The van der Waals surface area contributed by atoms with E-state index in [-0.39, 0.29) is 15.7 Å². The van der Waals surface area contributed by atoms with Crippen LogP contribution in [0.5, 0.6) is 0 Å². The summed E-state index contributed by atoms with van der Waals surface area (Å²) in [5, 5.41) is 17.3. The maximum atomic E-state index is 13.1. The van der Waals surface area contributed by atoms with E-state index in [1.54, 1.807) is 48.7 Å². The van der Waals surface area contributed by atoms with Gasteiger partial charge in [0.25, 0.3) is 5.91 Å². The van der Waals surface area contributed by atoms with Crippen molar-refractivity contribution in [2.45, 2.75) is 29.2 Å². The van der Waals surface area contributed by atoms with Crippen LogP contribution < -0.4 is 10.6 Å².